The van der Waals surface area contributed by atoms with Gasteiger partial charge in [0.15, 0.2) is 5.17 Å². The maximum atomic E-state index is 12.8. The highest BCUT2D eigenvalue weighted by Gasteiger charge is 2.36. The molecule has 1 heterocycles. The molecule has 0 aliphatic carbocycles. The third kappa shape index (κ3) is 4.90. The number of benzene rings is 2. The Morgan fingerprint density at radius 1 is 1.11 bits per heavy atom. The highest BCUT2D eigenvalue weighted by atomic mass is 35.5. The van der Waals surface area contributed by atoms with Crippen LogP contribution in [0.2, 0.25) is 10.0 Å². The lowest BCUT2D eigenvalue weighted by Crippen LogP contribution is -2.15. The molecule has 0 amide bonds. The van der Waals surface area contributed by atoms with Crippen LogP contribution < -0.4 is 5.32 Å². The topological polar surface area (TPSA) is 58.5 Å². The van der Waals surface area contributed by atoms with Crippen molar-refractivity contribution in [2.45, 2.75) is 17.2 Å². The summed E-state index contributed by atoms with van der Waals surface area (Å²) in [5, 5.41) is 3.57. The van der Waals surface area contributed by atoms with Crippen LogP contribution in [-0.2, 0) is 22.6 Å². The van der Waals surface area contributed by atoms with Gasteiger partial charge in [-0.3, -0.25) is 0 Å². The first kappa shape index (κ1) is 20.3. The molecular formula is C16H11Cl2F3N2O2S2. The molecule has 1 aliphatic rings. The number of sulfonamides is 1. The molecule has 0 bridgehead atoms. The van der Waals surface area contributed by atoms with Crippen LogP contribution in [0.3, 0.4) is 0 Å². The Balaban J connectivity index is 1.75. The van der Waals surface area contributed by atoms with Crippen LogP contribution >= 0.6 is 35.0 Å². The van der Waals surface area contributed by atoms with Gasteiger partial charge < -0.3 is 5.32 Å². The van der Waals surface area contributed by atoms with Crippen LogP contribution in [-0.4, -0.2) is 18.2 Å². The van der Waals surface area contributed by atoms with Gasteiger partial charge in [0.25, 0.3) is 10.0 Å². The summed E-state index contributed by atoms with van der Waals surface area (Å²) >= 11 is 12.7. The van der Waals surface area contributed by atoms with E-state index in [1.807, 2.05) is 0 Å². The van der Waals surface area contributed by atoms with E-state index in [0.717, 1.165) is 23.9 Å². The highest BCUT2D eigenvalue weighted by Crippen LogP contribution is 2.35. The lowest BCUT2D eigenvalue weighted by atomic mass is 10.1. The Kier molecular flexibility index (Phi) is 5.67. The quantitative estimate of drug-likeness (QED) is 0.671. The van der Waals surface area contributed by atoms with E-state index in [4.69, 9.17) is 23.2 Å². The van der Waals surface area contributed by atoms with E-state index in [0.29, 0.717) is 10.7 Å². The monoisotopic (exact) mass is 454 g/mol. The van der Waals surface area contributed by atoms with E-state index in [9.17, 15) is 21.6 Å². The number of alkyl halides is 3. The van der Waals surface area contributed by atoms with Crippen LogP contribution in [0.1, 0.15) is 11.1 Å². The van der Waals surface area contributed by atoms with Crippen molar-refractivity contribution in [3.8, 4) is 0 Å². The lowest BCUT2D eigenvalue weighted by Gasteiger charge is -2.11. The van der Waals surface area contributed by atoms with Crippen molar-refractivity contribution in [3.63, 3.8) is 0 Å². The molecule has 1 aliphatic heterocycles. The van der Waals surface area contributed by atoms with Crippen molar-refractivity contribution >= 4 is 55.8 Å². The average Bonchev–Trinajstić information content (AvgIpc) is 2.84. The largest absolute Gasteiger partial charge is 0.416 e. The minimum absolute atomic E-state index is 0.104. The number of amidine groups is 1. The first-order valence-electron chi connectivity index (χ1n) is 7.43. The van der Waals surface area contributed by atoms with Crippen molar-refractivity contribution in [1.82, 2.24) is 0 Å². The maximum Gasteiger partial charge on any atom is 0.416 e. The minimum Gasteiger partial charge on any atom is -0.334 e. The van der Waals surface area contributed by atoms with Gasteiger partial charge >= 0.3 is 6.18 Å². The molecule has 3 rings (SSSR count). The van der Waals surface area contributed by atoms with E-state index < -0.39 is 26.3 Å². The van der Waals surface area contributed by atoms with E-state index in [1.165, 1.54) is 18.2 Å². The number of thioether (sulfide) groups is 1. The molecule has 2 aromatic rings. The van der Waals surface area contributed by atoms with E-state index >= 15 is 0 Å². The van der Waals surface area contributed by atoms with Crippen LogP contribution in [0.15, 0.2) is 46.9 Å². The van der Waals surface area contributed by atoms with Gasteiger partial charge in [0.1, 0.15) is 4.58 Å². The molecule has 144 valence electrons. The van der Waals surface area contributed by atoms with Crippen LogP contribution in [0.4, 0.5) is 18.9 Å². The second kappa shape index (κ2) is 7.54. The predicted molar refractivity (Wildman–Crippen MR) is 103 cm³/mol. The van der Waals surface area contributed by atoms with Gasteiger partial charge in [0.2, 0.25) is 0 Å². The van der Waals surface area contributed by atoms with Gasteiger partial charge in [-0.15, -0.1) is 4.40 Å². The fraction of sp³-hybridized carbons (Fsp3) is 0.188. The molecule has 0 spiro atoms. The van der Waals surface area contributed by atoms with Crippen molar-refractivity contribution in [2.75, 3.05) is 5.32 Å². The second-order valence-corrected chi connectivity index (χ2v) is 9.70. The number of halogens is 5. The molecule has 1 atom stereocenters. The normalized spacial score (nSPS) is 19.0. The van der Waals surface area contributed by atoms with Gasteiger partial charge in [-0.1, -0.05) is 53.2 Å². The Bertz CT molecular complexity index is 1010. The average molecular weight is 455 g/mol. The maximum absolute atomic E-state index is 12.8. The zero-order chi connectivity index (χ0) is 19.8. The molecule has 0 fully saturated rings. The Hall–Kier alpha value is -1.42. The summed E-state index contributed by atoms with van der Waals surface area (Å²) in [7, 11) is -3.87. The van der Waals surface area contributed by atoms with Gasteiger partial charge in [-0.2, -0.15) is 13.2 Å². The molecule has 0 unspecified atom stereocenters. The molecule has 0 saturated carbocycles. The van der Waals surface area contributed by atoms with Crippen LogP contribution in [0, 0.1) is 0 Å². The zero-order valence-corrected chi connectivity index (χ0v) is 16.4. The molecule has 4 nitrogen and oxygen atoms in total. The number of hydrogen-bond acceptors (Lipinski definition) is 4. The fourth-order valence-electron chi connectivity index (χ4n) is 2.34. The van der Waals surface area contributed by atoms with Gasteiger partial charge in [-0.05, 0) is 29.8 Å². The van der Waals surface area contributed by atoms with E-state index in [1.54, 1.807) is 12.1 Å². The Morgan fingerprint density at radius 3 is 2.52 bits per heavy atom. The number of nitrogens with one attached hydrogen (secondary N) is 1. The smallest absolute Gasteiger partial charge is 0.334 e. The number of rotatable bonds is 3. The molecule has 0 aromatic heterocycles. The second-order valence-electron chi connectivity index (χ2n) is 5.61. The lowest BCUT2D eigenvalue weighted by molar-refractivity contribution is -0.137. The summed E-state index contributed by atoms with van der Waals surface area (Å²) in [6.45, 7) is 0. The first-order valence-corrected chi connectivity index (χ1v) is 10.6. The summed E-state index contributed by atoms with van der Waals surface area (Å²) in [6, 6.07) is 9.24. The summed E-state index contributed by atoms with van der Waals surface area (Å²) in [5.41, 5.74) is -0.0714. The molecule has 2 aromatic carbocycles. The van der Waals surface area contributed by atoms with E-state index in [-0.39, 0.29) is 22.2 Å². The predicted octanol–water partition coefficient (Wildman–Crippen LogP) is 5.43. The summed E-state index contributed by atoms with van der Waals surface area (Å²) in [5.74, 6) is 0. The molecule has 0 saturated heterocycles. The van der Waals surface area contributed by atoms with Crippen molar-refractivity contribution in [1.29, 1.82) is 0 Å². The number of nitrogens with zero attached hydrogens (tertiary/aromatic N) is 1. The zero-order valence-electron chi connectivity index (χ0n) is 13.3. The van der Waals surface area contributed by atoms with Crippen molar-refractivity contribution < 1.29 is 21.6 Å². The van der Waals surface area contributed by atoms with Crippen molar-refractivity contribution in [3.05, 3.63) is 63.6 Å². The highest BCUT2D eigenvalue weighted by molar-refractivity contribution is 8.25. The minimum atomic E-state index is -4.49. The van der Waals surface area contributed by atoms with Gasteiger partial charge in [0, 0.05) is 12.1 Å². The number of hydrogen-bond donors (Lipinski definition) is 1. The van der Waals surface area contributed by atoms with E-state index in [2.05, 4.69) is 9.71 Å². The molecule has 11 heteroatoms. The molecule has 0 radical (unpaired) electrons. The molecule has 1 N–H and O–H groups in total. The standard InChI is InChI=1S/C16H11Cl2F3N2O2S2/c17-12-5-4-11(8-13(12)18)22-15-23-27(24,25)14(26-15)7-9-2-1-3-10(6-9)16(19,20)21/h1-6,8,14H,7H2,(H,22,23)/t14-/m0/s1. The molecular weight excluding hydrogens is 444 g/mol. The third-order valence-corrected chi connectivity index (χ3v) is 7.60. The Morgan fingerprint density at radius 2 is 1.85 bits per heavy atom. The SMILES string of the molecule is O=S1(=O)N=C(Nc2ccc(Cl)c(Cl)c2)S[C@@H]1Cc1cccc(C(F)(F)F)c1. The Labute approximate surface area is 167 Å². The fourth-order valence-corrected chi connectivity index (χ4v) is 5.51. The summed E-state index contributed by atoms with van der Waals surface area (Å²) in [4.78, 5) is 0. The number of anilines is 1. The van der Waals surface area contributed by atoms with Crippen LogP contribution in [0.5, 0.6) is 0 Å². The molecule has 27 heavy (non-hydrogen) atoms. The van der Waals surface area contributed by atoms with Crippen LogP contribution in [0.25, 0.3) is 0 Å². The van der Waals surface area contributed by atoms with Crippen molar-refractivity contribution in [2.24, 2.45) is 4.40 Å². The summed E-state index contributed by atoms with van der Waals surface area (Å²) < 4.78 is 65.6. The third-order valence-electron chi connectivity index (χ3n) is 3.61. The van der Waals surface area contributed by atoms with Gasteiger partial charge in [0.05, 0.1) is 15.6 Å². The van der Waals surface area contributed by atoms with Gasteiger partial charge in [-0.25, -0.2) is 8.42 Å². The first-order chi connectivity index (χ1) is 12.5. The summed E-state index contributed by atoms with van der Waals surface area (Å²) in [6.07, 6.45) is -4.60.